The highest BCUT2D eigenvalue weighted by Crippen LogP contribution is 2.26. The summed E-state index contributed by atoms with van der Waals surface area (Å²) in [7, 11) is 1.73. The Balaban J connectivity index is 2.34. The molecular weight excluding hydrogens is 279 g/mol. The van der Waals surface area contributed by atoms with E-state index in [-0.39, 0.29) is 16.9 Å². The van der Waals surface area contributed by atoms with Gasteiger partial charge in [-0.25, -0.2) is 9.37 Å². The Bertz CT molecular complexity index is 656. The lowest BCUT2D eigenvalue weighted by atomic mass is 10.1. The summed E-state index contributed by atoms with van der Waals surface area (Å²) in [6.07, 6.45) is 0. The van der Waals surface area contributed by atoms with Gasteiger partial charge in [0.1, 0.15) is 5.82 Å². The zero-order chi connectivity index (χ0) is 14.9. The SMILES string of the molecule is Cc1ncsc1CN(C)c1cc(C(N)=O)c(N)cc1F. The van der Waals surface area contributed by atoms with Crippen molar-refractivity contribution in [1.29, 1.82) is 0 Å². The van der Waals surface area contributed by atoms with Crippen LogP contribution in [0.3, 0.4) is 0 Å². The Kier molecular flexibility index (Phi) is 3.89. The molecule has 0 fully saturated rings. The Morgan fingerprint density at radius 1 is 1.50 bits per heavy atom. The van der Waals surface area contributed by atoms with E-state index in [9.17, 15) is 9.18 Å². The number of thiazole rings is 1. The molecule has 0 radical (unpaired) electrons. The van der Waals surface area contributed by atoms with Gasteiger partial charge < -0.3 is 16.4 Å². The minimum absolute atomic E-state index is 0.0427. The third-order valence-corrected chi connectivity index (χ3v) is 3.94. The molecule has 1 heterocycles. The van der Waals surface area contributed by atoms with Crippen molar-refractivity contribution in [2.45, 2.75) is 13.5 Å². The smallest absolute Gasteiger partial charge is 0.250 e. The van der Waals surface area contributed by atoms with Gasteiger partial charge >= 0.3 is 0 Å². The molecule has 7 heteroatoms. The maximum Gasteiger partial charge on any atom is 0.250 e. The molecular formula is C13H15FN4OS. The van der Waals surface area contributed by atoms with E-state index < -0.39 is 11.7 Å². The second-order valence-corrected chi connectivity index (χ2v) is 5.41. The molecule has 0 aliphatic heterocycles. The number of primary amides is 1. The van der Waals surface area contributed by atoms with Crippen LogP contribution < -0.4 is 16.4 Å². The molecule has 0 aliphatic rings. The molecule has 4 N–H and O–H groups in total. The third kappa shape index (κ3) is 2.72. The summed E-state index contributed by atoms with van der Waals surface area (Å²) in [4.78, 5) is 18.1. The van der Waals surface area contributed by atoms with Gasteiger partial charge in [0, 0.05) is 17.6 Å². The van der Waals surface area contributed by atoms with Crippen LogP contribution in [0.4, 0.5) is 15.8 Å². The number of anilines is 2. The fourth-order valence-corrected chi connectivity index (χ4v) is 2.69. The van der Waals surface area contributed by atoms with E-state index in [1.807, 2.05) is 6.92 Å². The van der Waals surface area contributed by atoms with Crippen molar-refractivity contribution in [1.82, 2.24) is 4.98 Å². The fraction of sp³-hybridized carbons (Fsp3) is 0.231. The average molecular weight is 294 g/mol. The zero-order valence-electron chi connectivity index (χ0n) is 11.2. The van der Waals surface area contributed by atoms with E-state index in [1.165, 1.54) is 17.4 Å². The number of hydrogen-bond donors (Lipinski definition) is 2. The van der Waals surface area contributed by atoms with Crippen LogP contribution in [-0.2, 0) is 6.54 Å². The number of nitrogens with two attached hydrogens (primary N) is 2. The second kappa shape index (κ2) is 5.46. The average Bonchev–Trinajstić information content (AvgIpc) is 2.74. The Morgan fingerprint density at radius 3 is 2.75 bits per heavy atom. The van der Waals surface area contributed by atoms with Gasteiger partial charge in [0.05, 0.1) is 29.0 Å². The fourth-order valence-electron chi connectivity index (χ4n) is 1.86. The lowest BCUT2D eigenvalue weighted by molar-refractivity contribution is 0.100. The van der Waals surface area contributed by atoms with Crippen LogP contribution >= 0.6 is 11.3 Å². The van der Waals surface area contributed by atoms with Crippen molar-refractivity contribution in [3.05, 3.63) is 39.6 Å². The summed E-state index contributed by atoms with van der Waals surface area (Å²) in [5, 5.41) is 0. The summed E-state index contributed by atoms with van der Waals surface area (Å²) >= 11 is 1.50. The number of hydrogen-bond acceptors (Lipinski definition) is 5. The number of nitrogen functional groups attached to an aromatic ring is 1. The molecule has 2 rings (SSSR count). The van der Waals surface area contributed by atoms with Gasteiger partial charge in [-0.05, 0) is 19.1 Å². The third-order valence-electron chi connectivity index (χ3n) is 3.02. The minimum Gasteiger partial charge on any atom is -0.398 e. The highest BCUT2D eigenvalue weighted by Gasteiger charge is 2.16. The molecule has 106 valence electrons. The molecule has 20 heavy (non-hydrogen) atoms. The standard InChI is InChI=1S/C13H15FN4OS/c1-7-12(20-6-17-7)5-18(2)11-3-8(13(16)19)10(15)4-9(11)14/h3-4,6H,5,15H2,1-2H3,(H2,16,19). The van der Waals surface area contributed by atoms with E-state index in [0.29, 0.717) is 6.54 Å². The Hall–Kier alpha value is -2.15. The van der Waals surface area contributed by atoms with Crippen molar-refractivity contribution in [3.63, 3.8) is 0 Å². The summed E-state index contributed by atoms with van der Waals surface area (Å²) in [5.41, 5.74) is 13.9. The van der Waals surface area contributed by atoms with E-state index in [2.05, 4.69) is 4.98 Å². The van der Waals surface area contributed by atoms with Gasteiger partial charge in [0.15, 0.2) is 0 Å². The molecule has 0 bridgehead atoms. The minimum atomic E-state index is -0.675. The van der Waals surface area contributed by atoms with Crippen LogP contribution in [0.2, 0.25) is 0 Å². The quantitative estimate of drug-likeness (QED) is 0.843. The first-order valence-electron chi connectivity index (χ1n) is 5.89. The number of carbonyl (C=O) groups excluding carboxylic acids is 1. The van der Waals surface area contributed by atoms with Gasteiger partial charge in [-0.3, -0.25) is 4.79 Å². The molecule has 0 aliphatic carbocycles. The van der Waals surface area contributed by atoms with Gasteiger partial charge in [0.25, 0.3) is 5.91 Å². The first-order valence-corrected chi connectivity index (χ1v) is 6.77. The lowest BCUT2D eigenvalue weighted by Crippen LogP contribution is -2.20. The van der Waals surface area contributed by atoms with E-state index in [1.54, 1.807) is 17.5 Å². The van der Waals surface area contributed by atoms with Crippen molar-refractivity contribution in [3.8, 4) is 0 Å². The molecule has 1 aromatic carbocycles. The normalized spacial score (nSPS) is 10.6. The van der Waals surface area contributed by atoms with Crippen molar-refractivity contribution >= 4 is 28.6 Å². The number of aryl methyl sites for hydroxylation is 1. The maximum atomic E-state index is 14.0. The number of carbonyl (C=O) groups is 1. The number of halogens is 1. The van der Waals surface area contributed by atoms with Crippen molar-refractivity contribution in [2.24, 2.45) is 5.73 Å². The number of nitrogens with zero attached hydrogens (tertiary/aromatic N) is 2. The predicted molar refractivity (Wildman–Crippen MR) is 78.3 cm³/mol. The van der Waals surface area contributed by atoms with Gasteiger partial charge in [-0.2, -0.15) is 0 Å². The van der Waals surface area contributed by atoms with Crippen molar-refractivity contribution < 1.29 is 9.18 Å². The molecule has 0 unspecified atom stereocenters. The number of benzene rings is 1. The second-order valence-electron chi connectivity index (χ2n) is 4.47. The largest absolute Gasteiger partial charge is 0.398 e. The first-order chi connectivity index (χ1) is 9.40. The predicted octanol–water partition coefficient (Wildman–Crippen LogP) is 1.91. The summed E-state index contributed by atoms with van der Waals surface area (Å²) < 4.78 is 14.0. The van der Waals surface area contributed by atoms with Crippen molar-refractivity contribution in [2.75, 3.05) is 17.7 Å². The molecule has 0 spiro atoms. The summed E-state index contributed by atoms with van der Waals surface area (Å²) in [6.45, 7) is 2.39. The molecule has 2 aromatic rings. The van der Waals surface area contributed by atoms with Gasteiger partial charge in [-0.15, -0.1) is 11.3 Å². The molecule has 0 saturated heterocycles. The summed E-state index contributed by atoms with van der Waals surface area (Å²) in [6, 6.07) is 2.49. The van der Waals surface area contributed by atoms with E-state index >= 15 is 0 Å². The monoisotopic (exact) mass is 294 g/mol. The van der Waals surface area contributed by atoms with Crippen LogP contribution in [0, 0.1) is 12.7 Å². The topological polar surface area (TPSA) is 85.2 Å². The zero-order valence-corrected chi connectivity index (χ0v) is 12.0. The number of rotatable bonds is 4. The van der Waals surface area contributed by atoms with Crippen LogP contribution in [0.15, 0.2) is 17.6 Å². The van der Waals surface area contributed by atoms with Crippen LogP contribution in [0.25, 0.3) is 0 Å². The molecule has 1 amide bonds. The Morgan fingerprint density at radius 2 is 2.20 bits per heavy atom. The molecule has 0 saturated carbocycles. The van der Waals surface area contributed by atoms with Gasteiger partial charge in [-0.1, -0.05) is 0 Å². The van der Waals surface area contributed by atoms with Crippen LogP contribution in [-0.4, -0.2) is 17.9 Å². The summed E-state index contributed by atoms with van der Waals surface area (Å²) in [5.74, 6) is -1.16. The molecule has 0 atom stereocenters. The highest BCUT2D eigenvalue weighted by atomic mass is 32.1. The Labute approximate surface area is 120 Å². The molecule has 1 aromatic heterocycles. The van der Waals surface area contributed by atoms with Gasteiger partial charge in [0.2, 0.25) is 0 Å². The number of aromatic nitrogens is 1. The van der Waals surface area contributed by atoms with Crippen LogP contribution in [0.1, 0.15) is 20.9 Å². The van der Waals surface area contributed by atoms with E-state index in [4.69, 9.17) is 11.5 Å². The molecule has 5 nitrogen and oxygen atoms in total. The first kappa shape index (κ1) is 14.3. The lowest BCUT2D eigenvalue weighted by Gasteiger charge is -2.20. The maximum absolute atomic E-state index is 14.0. The highest BCUT2D eigenvalue weighted by molar-refractivity contribution is 7.09. The van der Waals surface area contributed by atoms with Crippen LogP contribution in [0.5, 0.6) is 0 Å². The number of amides is 1. The van der Waals surface area contributed by atoms with E-state index in [0.717, 1.165) is 16.6 Å².